The molecule has 4 N–H and O–H groups in total. The van der Waals surface area contributed by atoms with Gasteiger partial charge in [-0.25, -0.2) is 4.79 Å². The Kier molecular flexibility index (Phi) is 11.1. The van der Waals surface area contributed by atoms with Crippen molar-refractivity contribution in [3.05, 3.63) is 0 Å². The van der Waals surface area contributed by atoms with Crippen LogP contribution in [0.5, 0.6) is 0 Å². The summed E-state index contributed by atoms with van der Waals surface area (Å²) in [5.41, 5.74) is 5.01. The Bertz CT molecular complexity index is 264. The molecule has 18 heavy (non-hydrogen) atoms. The Balaban J connectivity index is 0. The smallest absolute Gasteiger partial charge is 0.407 e. The molecule has 0 bridgehead atoms. The molecule has 0 aliphatic rings. The highest BCUT2D eigenvalue weighted by atomic mass is 127. The lowest BCUT2D eigenvalue weighted by Crippen LogP contribution is -2.34. The minimum Gasteiger partial charge on any atom is -0.444 e. The second-order valence-corrected chi connectivity index (χ2v) is 4.67. The van der Waals surface area contributed by atoms with Crippen molar-refractivity contribution >= 4 is 36.0 Å². The molecule has 0 aliphatic carbocycles. The number of halogens is 1. The zero-order chi connectivity index (χ0) is 13.3. The van der Waals surface area contributed by atoms with Gasteiger partial charge in [-0.1, -0.05) is 0 Å². The number of hydrogen-bond donors (Lipinski definition) is 3. The van der Waals surface area contributed by atoms with E-state index < -0.39 is 5.60 Å². The fourth-order valence-electron chi connectivity index (χ4n) is 1.05. The zero-order valence-electron chi connectivity index (χ0n) is 11.6. The van der Waals surface area contributed by atoms with Crippen LogP contribution in [0, 0.1) is 0 Å². The van der Waals surface area contributed by atoms with Crippen molar-refractivity contribution in [1.29, 1.82) is 0 Å². The van der Waals surface area contributed by atoms with E-state index in [2.05, 4.69) is 15.6 Å². The first kappa shape index (κ1) is 19.6. The number of carbonyl (C=O) groups excluding carboxylic acids is 1. The van der Waals surface area contributed by atoms with Gasteiger partial charge in [0.2, 0.25) is 0 Å². The number of ether oxygens (including phenoxy) is 1. The number of alkyl carbamates (subject to hydrolysis) is 1. The Morgan fingerprint density at radius 3 is 2.17 bits per heavy atom. The highest BCUT2D eigenvalue weighted by Crippen LogP contribution is 2.06. The lowest BCUT2D eigenvalue weighted by molar-refractivity contribution is 0.0527. The Labute approximate surface area is 126 Å². The third-order valence-corrected chi connectivity index (χ3v) is 1.82. The highest BCUT2D eigenvalue weighted by molar-refractivity contribution is 14.0. The average molecular weight is 372 g/mol. The molecule has 0 saturated carbocycles. The first-order valence-electron chi connectivity index (χ1n) is 5.78. The quantitative estimate of drug-likeness (QED) is 0.295. The topological polar surface area (TPSA) is 88.7 Å². The van der Waals surface area contributed by atoms with Crippen molar-refractivity contribution < 1.29 is 9.53 Å². The summed E-state index contributed by atoms with van der Waals surface area (Å²) in [6, 6.07) is 0. The Hall–Kier alpha value is -0.730. The normalized spacial score (nSPS) is 11.4. The van der Waals surface area contributed by atoms with Gasteiger partial charge in [0.05, 0.1) is 0 Å². The van der Waals surface area contributed by atoms with Crippen molar-refractivity contribution in [3.8, 4) is 0 Å². The number of unbranched alkanes of at least 4 members (excludes halogenated alkanes) is 1. The monoisotopic (exact) mass is 372 g/mol. The van der Waals surface area contributed by atoms with Gasteiger partial charge in [-0.2, -0.15) is 0 Å². The minimum absolute atomic E-state index is 0. The van der Waals surface area contributed by atoms with Gasteiger partial charge in [-0.05, 0) is 33.6 Å². The molecule has 1 amide bonds. The fraction of sp³-hybridized carbons (Fsp3) is 0.818. The molecular weight excluding hydrogens is 347 g/mol. The van der Waals surface area contributed by atoms with Gasteiger partial charge in [0.1, 0.15) is 5.60 Å². The van der Waals surface area contributed by atoms with Crippen molar-refractivity contribution in [2.45, 2.75) is 39.2 Å². The summed E-state index contributed by atoms with van der Waals surface area (Å²) in [5, 5.41) is 5.63. The molecule has 7 heteroatoms. The van der Waals surface area contributed by atoms with Crippen molar-refractivity contribution in [1.82, 2.24) is 10.6 Å². The molecule has 0 unspecified atom stereocenters. The fourth-order valence-corrected chi connectivity index (χ4v) is 1.05. The van der Waals surface area contributed by atoms with Crippen molar-refractivity contribution in [2.75, 3.05) is 20.1 Å². The van der Waals surface area contributed by atoms with E-state index in [4.69, 9.17) is 10.5 Å². The van der Waals surface area contributed by atoms with Crippen LogP contribution in [-0.2, 0) is 4.74 Å². The van der Waals surface area contributed by atoms with E-state index >= 15 is 0 Å². The maximum absolute atomic E-state index is 11.3. The number of hydrogen-bond acceptors (Lipinski definition) is 3. The summed E-state index contributed by atoms with van der Waals surface area (Å²) in [4.78, 5) is 15.0. The molecule has 0 aromatic carbocycles. The van der Waals surface area contributed by atoms with Gasteiger partial charge in [-0.3, -0.25) is 4.99 Å². The predicted octanol–water partition coefficient (Wildman–Crippen LogP) is 1.44. The molecule has 0 saturated heterocycles. The van der Waals surface area contributed by atoms with Gasteiger partial charge in [0.25, 0.3) is 0 Å². The number of nitrogens with one attached hydrogen (secondary N) is 2. The minimum atomic E-state index is -0.447. The van der Waals surface area contributed by atoms with Crippen LogP contribution in [0.1, 0.15) is 33.6 Å². The van der Waals surface area contributed by atoms with E-state index in [-0.39, 0.29) is 30.1 Å². The maximum atomic E-state index is 11.3. The second-order valence-electron chi connectivity index (χ2n) is 4.67. The van der Waals surface area contributed by atoms with Gasteiger partial charge >= 0.3 is 6.09 Å². The summed E-state index contributed by atoms with van der Waals surface area (Å²) >= 11 is 0. The molecule has 0 atom stereocenters. The van der Waals surface area contributed by atoms with Crippen LogP contribution in [0.4, 0.5) is 4.79 Å². The molecule has 0 radical (unpaired) electrons. The molecule has 0 aliphatic heterocycles. The molecule has 108 valence electrons. The van der Waals surface area contributed by atoms with Gasteiger partial charge < -0.3 is 21.1 Å². The summed E-state index contributed by atoms with van der Waals surface area (Å²) in [6.07, 6.45) is 1.40. The van der Waals surface area contributed by atoms with Crippen LogP contribution < -0.4 is 16.4 Å². The molecule has 6 nitrogen and oxygen atoms in total. The molecule has 0 spiro atoms. The number of amides is 1. The lowest BCUT2D eigenvalue weighted by Gasteiger charge is -2.19. The first-order valence-corrected chi connectivity index (χ1v) is 5.78. The highest BCUT2D eigenvalue weighted by Gasteiger charge is 2.15. The summed E-state index contributed by atoms with van der Waals surface area (Å²) in [6.45, 7) is 6.86. The molecule has 0 aromatic rings. The van der Waals surface area contributed by atoms with E-state index in [9.17, 15) is 4.79 Å². The Morgan fingerprint density at radius 1 is 1.22 bits per heavy atom. The number of aliphatic imine (C=N–C) groups is 1. The van der Waals surface area contributed by atoms with E-state index in [1.54, 1.807) is 7.05 Å². The third-order valence-electron chi connectivity index (χ3n) is 1.82. The van der Waals surface area contributed by atoms with E-state index in [1.807, 2.05) is 20.8 Å². The van der Waals surface area contributed by atoms with Crippen molar-refractivity contribution in [2.24, 2.45) is 10.7 Å². The third kappa shape index (κ3) is 13.3. The van der Waals surface area contributed by atoms with E-state index in [1.165, 1.54) is 0 Å². The van der Waals surface area contributed by atoms with Crippen LogP contribution in [0.3, 0.4) is 0 Å². The molecule has 0 fully saturated rings. The largest absolute Gasteiger partial charge is 0.444 e. The molecule has 0 aromatic heterocycles. The maximum Gasteiger partial charge on any atom is 0.407 e. The zero-order valence-corrected chi connectivity index (χ0v) is 13.9. The van der Waals surface area contributed by atoms with Crippen LogP contribution in [-0.4, -0.2) is 37.8 Å². The van der Waals surface area contributed by atoms with Crippen LogP contribution in [0.2, 0.25) is 0 Å². The molecule has 0 heterocycles. The number of nitrogens with two attached hydrogens (primary N) is 1. The van der Waals surface area contributed by atoms with Crippen LogP contribution in [0.25, 0.3) is 0 Å². The summed E-state index contributed by atoms with van der Waals surface area (Å²) < 4.78 is 5.10. The number of nitrogens with zero attached hydrogens (tertiary/aromatic N) is 1. The van der Waals surface area contributed by atoms with E-state index in [0.717, 1.165) is 19.4 Å². The standard InChI is InChI=1S/C11H24N4O2.HI/c1-11(2,3)17-10(16)15-8-6-5-7-14-9(12)13-4;/h5-8H2,1-4H3,(H,15,16)(H3,12,13,14);1H. The predicted molar refractivity (Wildman–Crippen MR) is 84.4 cm³/mol. The van der Waals surface area contributed by atoms with Crippen LogP contribution >= 0.6 is 24.0 Å². The summed E-state index contributed by atoms with van der Waals surface area (Å²) in [5.74, 6) is 0.435. The number of carbonyl (C=O) groups is 1. The van der Waals surface area contributed by atoms with Gasteiger partial charge in [0.15, 0.2) is 5.96 Å². The lowest BCUT2D eigenvalue weighted by atomic mass is 10.2. The molecule has 0 rings (SSSR count). The van der Waals surface area contributed by atoms with Gasteiger partial charge in [0, 0.05) is 20.1 Å². The average Bonchev–Trinajstić information content (AvgIpc) is 2.20. The molecular formula is C11H25IN4O2. The SMILES string of the molecule is CN=C(N)NCCCCNC(=O)OC(C)(C)C.I. The van der Waals surface area contributed by atoms with Crippen molar-refractivity contribution in [3.63, 3.8) is 0 Å². The number of rotatable bonds is 5. The first-order chi connectivity index (χ1) is 7.85. The Morgan fingerprint density at radius 2 is 1.72 bits per heavy atom. The van der Waals surface area contributed by atoms with Crippen LogP contribution in [0.15, 0.2) is 4.99 Å². The van der Waals surface area contributed by atoms with E-state index in [0.29, 0.717) is 12.5 Å². The second kappa shape index (κ2) is 10.2. The number of guanidine groups is 1. The summed E-state index contributed by atoms with van der Waals surface area (Å²) in [7, 11) is 1.63. The van der Waals surface area contributed by atoms with Gasteiger partial charge in [-0.15, -0.1) is 24.0 Å².